The van der Waals surface area contributed by atoms with E-state index in [2.05, 4.69) is 5.10 Å². The summed E-state index contributed by atoms with van der Waals surface area (Å²) in [7, 11) is 1.70. The highest BCUT2D eigenvalue weighted by atomic mass is 16.5. The molecule has 0 saturated heterocycles. The number of rotatable bonds is 3. The molecule has 0 aliphatic heterocycles. The van der Waals surface area contributed by atoms with E-state index in [0.717, 1.165) is 0 Å². The Morgan fingerprint density at radius 3 is 2.91 bits per heavy atom. The van der Waals surface area contributed by atoms with Crippen LogP contribution < -0.4 is 5.63 Å². The molecule has 7 nitrogen and oxygen atoms in total. The molecule has 0 atom stereocenters. The molecule has 1 N–H and O–H groups in total. The van der Waals surface area contributed by atoms with Crippen molar-refractivity contribution in [1.29, 1.82) is 0 Å². The highest BCUT2D eigenvalue weighted by molar-refractivity contribution is 5.89. The largest absolute Gasteiger partial charge is 0.508 e. The fourth-order valence-corrected chi connectivity index (χ4v) is 2.29. The van der Waals surface area contributed by atoms with Gasteiger partial charge in [0.2, 0.25) is 0 Å². The number of fused-ring (bicyclic) bond motifs is 1. The number of carbonyl (C=O) groups is 1. The summed E-state index contributed by atoms with van der Waals surface area (Å²) in [5, 5.41) is 14.2. The molecule has 0 spiro atoms. The number of aromatic nitrogens is 2. The van der Waals surface area contributed by atoms with Gasteiger partial charge >= 0.3 is 11.6 Å². The van der Waals surface area contributed by atoms with Gasteiger partial charge in [-0.15, -0.1) is 0 Å². The lowest BCUT2D eigenvalue weighted by molar-refractivity contribution is 0.0473. The maximum atomic E-state index is 12.0. The van der Waals surface area contributed by atoms with E-state index in [1.165, 1.54) is 23.0 Å². The number of phenolic OH excluding ortho intramolecular Hbond substituents is 1. The van der Waals surface area contributed by atoms with Gasteiger partial charge in [-0.3, -0.25) is 4.68 Å². The Bertz CT molecular complexity index is 955. The summed E-state index contributed by atoms with van der Waals surface area (Å²) in [6.45, 7) is 1.56. The summed E-state index contributed by atoms with van der Waals surface area (Å²) in [4.78, 5) is 23.6. The Morgan fingerprint density at radius 1 is 1.43 bits per heavy atom. The van der Waals surface area contributed by atoms with Gasteiger partial charge in [-0.25, -0.2) is 9.59 Å². The second kappa shape index (κ2) is 5.60. The Hall–Kier alpha value is -3.09. The van der Waals surface area contributed by atoms with Gasteiger partial charge in [0.05, 0.1) is 11.8 Å². The number of benzene rings is 1. The van der Waals surface area contributed by atoms with Crippen molar-refractivity contribution < 1.29 is 19.1 Å². The van der Waals surface area contributed by atoms with Crippen molar-refractivity contribution in [2.75, 3.05) is 0 Å². The first-order chi connectivity index (χ1) is 11.0. The predicted molar refractivity (Wildman–Crippen MR) is 81.2 cm³/mol. The Kier molecular flexibility index (Phi) is 3.61. The molecular weight excluding hydrogens is 300 g/mol. The normalized spacial score (nSPS) is 10.9. The van der Waals surface area contributed by atoms with Crippen molar-refractivity contribution >= 4 is 16.9 Å². The fraction of sp³-hybridized carbons (Fsp3) is 0.188. The molecule has 0 unspecified atom stereocenters. The van der Waals surface area contributed by atoms with Gasteiger partial charge < -0.3 is 14.3 Å². The van der Waals surface area contributed by atoms with Crippen LogP contribution in [0, 0.1) is 6.92 Å². The third-order valence-corrected chi connectivity index (χ3v) is 3.52. The number of phenols is 1. The number of hydrogen-bond donors (Lipinski definition) is 1. The lowest BCUT2D eigenvalue weighted by Crippen LogP contribution is -2.07. The summed E-state index contributed by atoms with van der Waals surface area (Å²) < 4.78 is 11.9. The molecule has 118 valence electrons. The molecule has 0 bridgehead atoms. The van der Waals surface area contributed by atoms with E-state index in [1.54, 1.807) is 26.2 Å². The zero-order valence-electron chi connectivity index (χ0n) is 12.6. The number of aromatic hydroxyl groups is 1. The van der Waals surface area contributed by atoms with Crippen molar-refractivity contribution in [3.63, 3.8) is 0 Å². The van der Waals surface area contributed by atoms with E-state index >= 15 is 0 Å². The average molecular weight is 314 g/mol. The van der Waals surface area contributed by atoms with Crippen molar-refractivity contribution in [2.24, 2.45) is 7.05 Å². The molecule has 0 saturated carbocycles. The first-order valence-electron chi connectivity index (χ1n) is 6.87. The van der Waals surface area contributed by atoms with Crippen molar-refractivity contribution in [3.8, 4) is 5.75 Å². The third-order valence-electron chi connectivity index (χ3n) is 3.52. The van der Waals surface area contributed by atoms with Crippen LogP contribution in [0.3, 0.4) is 0 Å². The number of nitrogens with zero attached hydrogens (tertiary/aromatic N) is 2. The fourth-order valence-electron chi connectivity index (χ4n) is 2.29. The molecule has 2 aromatic heterocycles. The van der Waals surface area contributed by atoms with Gasteiger partial charge in [-0.2, -0.15) is 5.10 Å². The summed E-state index contributed by atoms with van der Waals surface area (Å²) in [5.41, 5.74) is 1.01. The van der Waals surface area contributed by atoms with Gasteiger partial charge in [-0.05, 0) is 19.1 Å². The minimum Gasteiger partial charge on any atom is -0.508 e. The minimum atomic E-state index is -0.571. The van der Waals surface area contributed by atoms with E-state index < -0.39 is 11.6 Å². The Balaban J connectivity index is 1.92. The molecule has 0 aliphatic carbocycles. The van der Waals surface area contributed by atoms with Crippen LogP contribution in [0.4, 0.5) is 0 Å². The topological polar surface area (TPSA) is 94.6 Å². The molecular formula is C16H14N2O5. The van der Waals surface area contributed by atoms with Gasteiger partial charge in [0, 0.05) is 35.8 Å². The molecule has 2 heterocycles. The van der Waals surface area contributed by atoms with Crippen LogP contribution in [0.1, 0.15) is 21.5 Å². The van der Waals surface area contributed by atoms with Crippen LogP contribution in [-0.2, 0) is 18.4 Å². The Morgan fingerprint density at radius 2 is 2.22 bits per heavy atom. The van der Waals surface area contributed by atoms with E-state index in [9.17, 15) is 14.7 Å². The minimum absolute atomic E-state index is 0.0326. The van der Waals surface area contributed by atoms with Crippen LogP contribution >= 0.6 is 0 Å². The molecule has 0 aliphatic rings. The van der Waals surface area contributed by atoms with Gasteiger partial charge in [0.25, 0.3) is 0 Å². The molecule has 1 aromatic carbocycles. The third kappa shape index (κ3) is 2.80. The number of hydrogen-bond acceptors (Lipinski definition) is 6. The Labute approximate surface area is 130 Å². The average Bonchev–Trinajstić information content (AvgIpc) is 2.95. The molecule has 3 rings (SSSR count). The lowest BCUT2D eigenvalue weighted by atomic mass is 10.1. The van der Waals surface area contributed by atoms with E-state index in [1.807, 2.05) is 0 Å². The first kappa shape index (κ1) is 14.8. The van der Waals surface area contributed by atoms with E-state index in [-0.39, 0.29) is 17.9 Å². The van der Waals surface area contributed by atoms with Crippen molar-refractivity contribution in [3.05, 3.63) is 57.7 Å². The van der Waals surface area contributed by atoms with E-state index in [0.29, 0.717) is 22.1 Å². The standard InChI is InChI=1S/C16H14N2O5/c1-9-13(19)4-3-12-10(5-14(20)23-15(9)12)8-22-16(21)11-6-17-18(2)7-11/h3-7,19H,8H2,1-2H3. The highest BCUT2D eigenvalue weighted by Crippen LogP contribution is 2.27. The molecule has 0 radical (unpaired) electrons. The molecule has 0 fully saturated rings. The second-order valence-corrected chi connectivity index (χ2v) is 5.16. The lowest BCUT2D eigenvalue weighted by Gasteiger charge is -2.08. The summed E-state index contributed by atoms with van der Waals surface area (Å²) in [5.74, 6) is -0.500. The number of esters is 1. The van der Waals surface area contributed by atoms with Crippen molar-refractivity contribution in [2.45, 2.75) is 13.5 Å². The van der Waals surface area contributed by atoms with Crippen LogP contribution in [0.15, 0.2) is 39.8 Å². The molecule has 23 heavy (non-hydrogen) atoms. The van der Waals surface area contributed by atoms with Gasteiger partial charge in [0.1, 0.15) is 17.9 Å². The zero-order valence-corrected chi connectivity index (χ0v) is 12.6. The van der Waals surface area contributed by atoms with Crippen LogP contribution in [-0.4, -0.2) is 20.9 Å². The summed E-state index contributed by atoms with van der Waals surface area (Å²) in [6, 6.07) is 4.40. The van der Waals surface area contributed by atoms with Crippen molar-refractivity contribution in [1.82, 2.24) is 9.78 Å². The van der Waals surface area contributed by atoms with Crippen LogP contribution in [0.5, 0.6) is 5.75 Å². The summed E-state index contributed by atoms with van der Waals surface area (Å²) >= 11 is 0. The first-order valence-corrected chi connectivity index (χ1v) is 6.87. The monoisotopic (exact) mass is 314 g/mol. The number of ether oxygens (including phenoxy) is 1. The highest BCUT2D eigenvalue weighted by Gasteiger charge is 2.14. The SMILES string of the molecule is Cc1c(O)ccc2c(COC(=O)c3cnn(C)c3)cc(=O)oc12. The van der Waals surface area contributed by atoms with Gasteiger partial charge in [-0.1, -0.05) is 0 Å². The van der Waals surface area contributed by atoms with Crippen LogP contribution in [0.2, 0.25) is 0 Å². The molecule has 3 aromatic rings. The second-order valence-electron chi connectivity index (χ2n) is 5.16. The van der Waals surface area contributed by atoms with Crippen LogP contribution in [0.25, 0.3) is 11.0 Å². The quantitative estimate of drug-likeness (QED) is 0.586. The summed E-state index contributed by atoms with van der Waals surface area (Å²) in [6.07, 6.45) is 2.95. The number of aryl methyl sites for hydroxylation is 2. The molecule has 0 amide bonds. The predicted octanol–water partition coefficient (Wildman–Crippen LogP) is 1.90. The zero-order chi connectivity index (χ0) is 16.6. The maximum absolute atomic E-state index is 12.0. The maximum Gasteiger partial charge on any atom is 0.341 e. The molecule has 7 heteroatoms. The van der Waals surface area contributed by atoms with E-state index in [4.69, 9.17) is 9.15 Å². The van der Waals surface area contributed by atoms with Gasteiger partial charge in [0.15, 0.2) is 0 Å². The number of carbonyl (C=O) groups excluding carboxylic acids is 1. The smallest absolute Gasteiger partial charge is 0.341 e.